The van der Waals surface area contributed by atoms with Crippen molar-refractivity contribution in [2.45, 2.75) is 44.8 Å². The molecule has 1 atom stereocenters. The van der Waals surface area contributed by atoms with Gasteiger partial charge in [-0.25, -0.2) is 0 Å². The van der Waals surface area contributed by atoms with Crippen molar-refractivity contribution in [3.8, 4) is 6.07 Å². The highest BCUT2D eigenvalue weighted by Gasteiger charge is 2.14. The molecule has 96 valence electrons. The molecule has 0 aromatic carbocycles. The van der Waals surface area contributed by atoms with Gasteiger partial charge in [0.25, 0.3) is 0 Å². The van der Waals surface area contributed by atoms with Crippen LogP contribution in [0.3, 0.4) is 0 Å². The van der Waals surface area contributed by atoms with Crippen molar-refractivity contribution < 1.29 is 9.53 Å². The molecule has 0 aromatic heterocycles. The molecule has 0 spiro atoms. The number of piperidine rings is 1. The predicted octanol–water partition coefficient (Wildman–Crippen LogP) is 0.563. The minimum Gasteiger partial charge on any atom is -0.378 e. The molecule has 0 aliphatic carbocycles. The minimum atomic E-state index is -0.0774. The van der Waals surface area contributed by atoms with Gasteiger partial charge < -0.3 is 15.4 Å². The third kappa shape index (κ3) is 6.25. The maximum atomic E-state index is 11.5. The third-order valence-electron chi connectivity index (χ3n) is 2.77. The maximum Gasteiger partial charge on any atom is 0.222 e. The Morgan fingerprint density at radius 1 is 1.59 bits per heavy atom. The van der Waals surface area contributed by atoms with Crippen molar-refractivity contribution in [3.63, 3.8) is 0 Å². The molecule has 5 heteroatoms. The van der Waals surface area contributed by atoms with Gasteiger partial charge in [0.15, 0.2) is 0 Å². The molecule has 17 heavy (non-hydrogen) atoms. The molecule has 0 aromatic rings. The van der Waals surface area contributed by atoms with Gasteiger partial charge in [-0.1, -0.05) is 0 Å². The SMILES string of the molecule is CC(CC#N)NC(=O)CCOC1CCNCC1. The number of nitrogens with zero attached hydrogens (tertiary/aromatic N) is 1. The van der Waals surface area contributed by atoms with E-state index in [1.54, 1.807) is 0 Å². The van der Waals surface area contributed by atoms with E-state index in [4.69, 9.17) is 10.00 Å². The Morgan fingerprint density at radius 3 is 2.94 bits per heavy atom. The minimum absolute atomic E-state index is 0.0401. The zero-order chi connectivity index (χ0) is 12.5. The molecule has 1 aliphatic heterocycles. The highest BCUT2D eigenvalue weighted by Crippen LogP contribution is 2.07. The Bertz CT molecular complexity index is 269. The fourth-order valence-electron chi connectivity index (χ4n) is 1.82. The molecular formula is C12H21N3O2. The van der Waals surface area contributed by atoms with E-state index in [2.05, 4.69) is 10.6 Å². The summed E-state index contributed by atoms with van der Waals surface area (Å²) in [7, 11) is 0. The molecule has 1 saturated heterocycles. The van der Waals surface area contributed by atoms with Crippen molar-refractivity contribution in [3.05, 3.63) is 0 Å². The molecule has 1 aliphatic rings. The van der Waals surface area contributed by atoms with E-state index in [0.717, 1.165) is 25.9 Å². The molecule has 1 amide bonds. The normalized spacial score (nSPS) is 18.4. The number of carbonyl (C=O) groups excluding carboxylic acids is 1. The fourth-order valence-corrected chi connectivity index (χ4v) is 1.82. The van der Waals surface area contributed by atoms with Gasteiger partial charge in [0.1, 0.15) is 0 Å². The summed E-state index contributed by atoms with van der Waals surface area (Å²) in [4.78, 5) is 11.5. The van der Waals surface area contributed by atoms with Crippen LogP contribution >= 0.6 is 0 Å². The van der Waals surface area contributed by atoms with E-state index in [-0.39, 0.29) is 11.9 Å². The van der Waals surface area contributed by atoms with Crippen molar-refractivity contribution >= 4 is 5.91 Å². The van der Waals surface area contributed by atoms with E-state index in [9.17, 15) is 4.79 Å². The van der Waals surface area contributed by atoms with Crippen LogP contribution in [0.4, 0.5) is 0 Å². The Labute approximate surface area is 103 Å². The van der Waals surface area contributed by atoms with Crippen molar-refractivity contribution in [1.82, 2.24) is 10.6 Å². The first-order chi connectivity index (χ1) is 8.22. The molecule has 0 saturated carbocycles. The zero-order valence-electron chi connectivity index (χ0n) is 10.4. The molecule has 2 N–H and O–H groups in total. The lowest BCUT2D eigenvalue weighted by atomic mass is 10.1. The zero-order valence-corrected chi connectivity index (χ0v) is 10.4. The van der Waals surface area contributed by atoms with Gasteiger partial charge in [0.2, 0.25) is 5.91 Å². The second-order valence-corrected chi connectivity index (χ2v) is 4.40. The number of nitrogens with one attached hydrogen (secondary N) is 2. The van der Waals surface area contributed by atoms with Crippen LogP contribution in [0.5, 0.6) is 0 Å². The summed E-state index contributed by atoms with van der Waals surface area (Å²) in [5, 5.41) is 14.5. The number of ether oxygens (including phenoxy) is 1. The van der Waals surface area contributed by atoms with Crippen LogP contribution in [-0.4, -0.2) is 37.7 Å². The maximum absolute atomic E-state index is 11.5. The van der Waals surface area contributed by atoms with E-state index in [1.807, 2.05) is 13.0 Å². The van der Waals surface area contributed by atoms with Gasteiger partial charge in [0.05, 0.1) is 25.2 Å². The highest BCUT2D eigenvalue weighted by atomic mass is 16.5. The quantitative estimate of drug-likeness (QED) is 0.710. The molecule has 1 unspecified atom stereocenters. The Kier molecular flexibility index (Phi) is 6.60. The van der Waals surface area contributed by atoms with Gasteiger partial charge in [-0.15, -0.1) is 0 Å². The second-order valence-electron chi connectivity index (χ2n) is 4.40. The number of amides is 1. The summed E-state index contributed by atoms with van der Waals surface area (Å²) in [6, 6.07) is 1.95. The Hall–Kier alpha value is -1.12. The smallest absolute Gasteiger partial charge is 0.222 e. The average molecular weight is 239 g/mol. The predicted molar refractivity (Wildman–Crippen MR) is 64.3 cm³/mol. The van der Waals surface area contributed by atoms with Crippen LogP contribution in [0.25, 0.3) is 0 Å². The van der Waals surface area contributed by atoms with Gasteiger partial charge >= 0.3 is 0 Å². The molecule has 1 rings (SSSR count). The number of nitriles is 1. The summed E-state index contributed by atoms with van der Waals surface area (Å²) in [5.74, 6) is -0.0401. The van der Waals surface area contributed by atoms with Gasteiger partial charge in [-0.05, 0) is 32.9 Å². The summed E-state index contributed by atoms with van der Waals surface area (Å²) in [5.41, 5.74) is 0. The Balaban J connectivity index is 2.05. The Morgan fingerprint density at radius 2 is 2.29 bits per heavy atom. The summed E-state index contributed by atoms with van der Waals surface area (Å²) < 4.78 is 5.63. The monoisotopic (exact) mass is 239 g/mol. The standard InChI is InChI=1S/C12H21N3O2/c1-10(2-6-13)15-12(16)5-9-17-11-3-7-14-8-4-11/h10-11,14H,2-5,7-9H2,1H3,(H,15,16). The van der Waals surface area contributed by atoms with E-state index in [1.165, 1.54) is 0 Å². The van der Waals surface area contributed by atoms with Crippen LogP contribution in [0.15, 0.2) is 0 Å². The molecule has 1 heterocycles. The van der Waals surface area contributed by atoms with Crippen LogP contribution in [0.1, 0.15) is 32.6 Å². The molecular weight excluding hydrogens is 218 g/mol. The van der Waals surface area contributed by atoms with Crippen molar-refractivity contribution in [2.75, 3.05) is 19.7 Å². The first kappa shape index (κ1) is 13.9. The van der Waals surface area contributed by atoms with Crippen molar-refractivity contribution in [1.29, 1.82) is 5.26 Å². The van der Waals surface area contributed by atoms with Crippen LogP contribution in [-0.2, 0) is 9.53 Å². The topological polar surface area (TPSA) is 74.2 Å². The number of hydrogen-bond donors (Lipinski definition) is 2. The third-order valence-corrected chi connectivity index (χ3v) is 2.77. The first-order valence-electron chi connectivity index (χ1n) is 6.21. The fraction of sp³-hybridized carbons (Fsp3) is 0.833. The summed E-state index contributed by atoms with van der Waals surface area (Å²) in [6.07, 6.45) is 3.06. The van der Waals surface area contributed by atoms with E-state index in [0.29, 0.717) is 25.6 Å². The lowest BCUT2D eigenvalue weighted by Gasteiger charge is -2.22. The molecule has 0 radical (unpaired) electrons. The molecule has 1 fully saturated rings. The summed E-state index contributed by atoms with van der Waals surface area (Å²) in [6.45, 7) is 4.29. The van der Waals surface area contributed by atoms with Gasteiger partial charge in [-0.3, -0.25) is 4.79 Å². The van der Waals surface area contributed by atoms with E-state index >= 15 is 0 Å². The molecule has 0 bridgehead atoms. The van der Waals surface area contributed by atoms with Crippen LogP contribution in [0.2, 0.25) is 0 Å². The molecule has 5 nitrogen and oxygen atoms in total. The second kappa shape index (κ2) is 8.04. The van der Waals surface area contributed by atoms with Gasteiger partial charge in [0, 0.05) is 12.5 Å². The van der Waals surface area contributed by atoms with Crippen LogP contribution in [0, 0.1) is 11.3 Å². The summed E-state index contributed by atoms with van der Waals surface area (Å²) >= 11 is 0. The number of carbonyl (C=O) groups is 1. The average Bonchev–Trinajstić information content (AvgIpc) is 2.30. The van der Waals surface area contributed by atoms with E-state index < -0.39 is 0 Å². The van der Waals surface area contributed by atoms with Gasteiger partial charge in [-0.2, -0.15) is 5.26 Å². The first-order valence-corrected chi connectivity index (χ1v) is 6.21. The van der Waals surface area contributed by atoms with Crippen molar-refractivity contribution in [2.24, 2.45) is 0 Å². The lowest BCUT2D eigenvalue weighted by molar-refractivity contribution is -0.123. The largest absolute Gasteiger partial charge is 0.378 e. The number of rotatable bonds is 6. The lowest BCUT2D eigenvalue weighted by Crippen LogP contribution is -2.35. The highest BCUT2D eigenvalue weighted by molar-refractivity contribution is 5.76. The van der Waals surface area contributed by atoms with Crippen LogP contribution < -0.4 is 10.6 Å². The number of hydrogen-bond acceptors (Lipinski definition) is 4.